The maximum absolute atomic E-state index is 13.3. The van der Waals surface area contributed by atoms with E-state index in [1.54, 1.807) is 11.1 Å². The number of methoxy groups -OCH3 is 1. The molecule has 2 aliphatic heterocycles. The number of halogens is 1. The molecule has 1 saturated heterocycles. The molecular formula is C31H34ClN5O5. The quantitative estimate of drug-likeness (QED) is 0.315. The van der Waals surface area contributed by atoms with Crippen LogP contribution in [0, 0.1) is 0 Å². The number of ether oxygens (including phenoxy) is 2. The number of esters is 1. The molecule has 10 nitrogen and oxygen atoms in total. The molecule has 1 amide bonds. The second-order valence-electron chi connectivity index (χ2n) is 11.1. The van der Waals surface area contributed by atoms with Gasteiger partial charge >= 0.3 is 5.97 Å². The predicted octanol–water partition coefficient (Wildman–Crippen LogP) is 4.10. The summed E-state index contributed by atoms with van der Waals surface area (Å²) in [4.78, 5) is 36.4. The molecule has 3 aliphatic rings. The van der Waals surface area contributed by atoms with Gasteiger partial charge in [-0.1, -0.05) is 54.1 Å². The minimum absolute atomic E-state index is 0.00948. The van der Waals surface area contributed by atoms with Crippen molar-refractivity contribution in [2.75, 3.05) is 32.2 Å². The van der Waals surface area contributed by atoms with Crippen LogP contribution in [0.3, 0.4) is 0 Å². The highest BCUT2D eigenvalue weighted by Crippen LogP contribution is 2.47. The third kappa shape index (κ3) is 5.85. The molecule has 6 rings (SSSR count). The number of benzene rings is 2. The Kier molecular flexibility index (Phi) is 8.13. The first-order valence-electron chi connectivity index (χ1n) is 14.2. The van der Waals surface area contributed by atoms with Crippen LogP contribution in [0.5, 0.6) is 0 Å². The Hall–Kier alpha value is -3.57. The third-order valence-electron chi connectivity index (χ3n) is 8.38. The van der Waals surface area contributed by atoms with E-state index in [1.165, 1.54) is 7.11 Å². The van der Waals surface area contributed by atoms with Gasteiger partial charge < -0.3 is 25.2 Å². The van der Waals surface area contributed by atoms with Gasteiger partial charge in [0.25, 0.3) is 0 Å². The van der Waals surface area contributed by atoms with E-state index in [1.807, 2.05) is 48.5 Å². The molecule has 3 N–H and O–H groups in total. The third-order valence-corrected chi connectivity index (χ3v) is 8.66. The molecule has 2 unspecified atom stereocenters. The van der Waals surface area contributed by atoms with Gasteiger partial charge in [0.2, 0.25) is 11.9 Å². The summed E-state index contributed by atoms with van der Waals surface area (Å²) in [6.45, 7) is 1.29. The summed E-state index contributed by atoms with van der Waals surface area (Å²) in [5.41, 5.74) is 3.23. The SMILES string of the molecule is COC(=O)CC1c2ccc(-c3nc(NC4CCOCC4)ncc3Cl)cc2C(O)N1CC(=O)NC1(c2ccccc2)CC1. The zero-order valence-electron chi connectivity index (χ0n) is 23.4. The van der Waals surface area contributed by atoms with Gasteiger partial charge in [0, 0.05) is 36.4 Å². The van der Waals surface area contributed by atoms with Gasteiger partial charge in [-0.2, -0.15) is 0 Å². The van der Waals surface area contributed by atoms with E-state index < -0.39 is 18.2 Å². The number of aliphatic hydroxyl groups is 1. The molecule has 2 aromatic carbocycles. The van der Waals surface area contributed by atoms with Crippen molar-refractivity contribution >= 4 is 29.4 Å². The Morgan fingerprint density at radius 3 is 2.62 bits per heavy atom. The van der Waals surface area contributed by atoms with Crippen LogP contribution in [0.2, 0.25) is 5.02 Å². The number of aromatic nitrogens is 2. The van der Waals surface area contributed by atoms with Crippen LogP contribution < -0.4 is 10.6 Å². The number of carbonyl (C=O) groups is 2. The van der Waals surface area contributed by atoms with Crippen molar-refractivity contribution in [3.8, 4) is 11.3 Å². The second kappa shape index (κ2) is 12.0. The average molecular weight is 592 g/mol. The van der Waals surface area contributed by atoms with E-state index in [0.717, 1.165) is 36.8 Å². The molecule has 2 atom stereocenters. The van der Waals surface area contributed by atoms with Crippen LogP contribution in [-0.2, 0) is 24.6 Å². The van der Waals surface area contributed by atoms with Crippen molar-refractivity contribution < 1.29 is 24.2 Å². The fourth-order valence-electron chi connectivity index (χ4n) is 5.95. The normalized spacial score (nSPS) is 21.4. The Bertz CT molecular complexity index is 1460. The molecule has 0 bridgehead atoms. The number of nitrogens with zero attached hydrogens (tertiary/aromatic N) is 3. The fraction of sp³-hybridized carbons (Fsp3) is 0.419. The number of hydrogen-bond donors (Lipinski definition) is 3. The first-order chi connectivity index (χ1) is 20.4. The number of rotatable bonds is 9. The molecule has 0 radical (unpaired) electrons. The van der Waals surface area contributed by atoms with Crippen molar-refractivity contribution in [3.05, 3.63) is 76.4 Å². The molecule has 0 spiro atoms. The van der Waals surface area contributed by atoms with Gasteiger partial charge in [-0.3, -0.25) is 14.5 Å². The summed E-state index contributed by atoms with van der Waals surface area (Å²) < 4.78 is 10.4. The van der Waals surface area contributed by atoms with Crippen molar-refractivity contribution in [2.45, 2.75) is 56.0 Å². The molecule has 3 heterocycles. The summed E-state index contributed by atoms with van der Waals surface area (Å²) in [5.74, 6) is -0.183. The second-order valence-corrected chi connectivity index (χ2v) is 11.5. The summed E-state index contributed by atoms with van der Waals surface area (Å²) >= 11 is 6.53. The minimum Gasteiger partial charge on any atom is -0.469 e. The molecule has 2 fully saturated rings. The lowest BCUT2D eigenvalue weighted by atomic mass is 9.98. The Morgan fingerprint density at radius 1 is 1.14 bits per heavy atom. The Morgan fingerprint density at radius 2 is 1.90 bits per heavy atom. The molecule has 220 valence electrons. The lowest BCUT2D eigenvalue weighted by Crippen LogP contribution is -2.43. The smallest absolute Gasteiger partial charge is 0.307 e. The molecule has 42 heavy (non-hydrogen) atoms. The van der Waals surface area contributed by atoms with Crippen LogP contribution >= 0.6 is 11.6 Å². The van der Waals surface area contributed by atoms with Crippen LogP contribution in [0.4, 0.5) is 5.95 Å². The molecular weight excluding hydrogens is 558 g/mol. The number of amides is 1. The standard InChI is InChI=1S/C31H34ClN5O5/c1-41-27(39)16-25-22-8-7-19(28-24(32)17-33-30(35-28)34-21-9-13-42-14-10-21)15-23(22)29(40)37(25)18-26(38)36-31(11-12-31)20-5-3-2-4-6-20/h2-8,15,17,21,25,29,40H,9-14,16,18H2,1H3,(H,36,38)(H,33,34,35). The van der Waals surface area contributed by atoms with Crippen LogP contribution in [0.1, 0.15) is 61.1 Å². The van der Waals surface area contributed by atoms with E-state index in [2.05, 4.69) is 20.6 Å². The molecule has 3 aromatic rings. The van der Waals surface area contributed by atoms with Crippen molar-refractivity contribution in [1.82, 2.24) is 20.2 Å². The Labute approximate surface area is 249 Å². The number of fused-ring (bicyclic) bond motifs is 1. The minimum atomic E-state index is -1.12. The fourth-order valence-corrected chi connectivity index (χ4v) is 6.15. The van der Waals surface area contributed by atoms with Gasteiger partial charge in [0.05, 0.1) is 42.5 Å². The topological polar surface area (TPSA) is 126 Å². The molecule has 1 aliphatic carbocycles. The van der Waals surface area contributed by atoms with Gasteiger partial charge in [0.1, 0.15) is 6.23 Å². The zero-order chi connectivity index (χ0) is 29.3. The Balaban J connectivity index is 1.24. The highest BCUT2D eigenvalue weighted by Gasteiger charge is 2.47. The summed E-state index contributed by atoms with van der Waals surface area (Å²) in [5, 5.41) is 18.4. The first-order valence-corrected chi connectivity index (χ1v) is 14.6. The number of carbonyl (C=O) groups excluding carboxylic acids is 2. The van der Waals surface area contributed by atoms with E-state index in [-0.39, 0.29) is 30.5 Å². The lowest BCUT2D eigenvalue weighted by Gasteiger charge is -2.28. The van der Waals surface area contributed by atoms with Crippen LogP contribution in [0.15, 0.2) is 54.7 Å². The van der Waals surface area contributed by atoms with Gasteiger partial charge in [0.15, 0.2) is 0 Å². The average Bonchev–Trinajstić information content (AvgIpc) is 3.75. The molecule has 11 heteroatoms. The number of anilines is 1. The van der Waals surface area contributed by atoms with E-state index in [0.29, 0.717) is 41.0 Å². The zero-order valence-corrected chi connectivity index (χ0v) is 24.1. The largest absolute Gasteiger partial charge is 0.469 e. The number of aliphatic hydroxyl groups excluding tert-OH is 1. The maximum Gasteiger partial charge on any atom is 0.307 e. The van der Waals surface area contributed by atoms with Gasteiger partial charge in [-0.05, 0) is 42.9 Å². The van der Waals surface area contributed by atoms with Crippen LogP contribution in [0.25, 0.3) is 11.3 Å². The van der Waals surface area contributed by atoms with Crippen LogP contribution in [-0.4, -0.2) is 64.8 Å². The highest BCUT2D eigenvalue weighted by atomic mass is 35.5. The van der Waals surface area contributed by atoms with E-state index >= 15 is 0 Å². The van der Waals surface area contributed by atoms with E-state index in [4.69, 9.17) is 21.1 Å². The summed E-state index contributed by atoms with van der Waals surface area (Å²) in [7, 11) is 1.33. The van der Waals surface area contributed by atoms with Crippen molar-refractivity contribution in [1.29, 1.82) is 0 Å². The lowest BCUT2D eigenvalue weighted by molar-refractivity contribution is -0.144. The number of nitrogens with one attached hydrogen (secondary N) is 2. The predicted molar refractivity (Wildman–Crippen MR) is 156 cm³/mol. The van der Waals surface area contributed by atoms with Gasteiger partial charge in [-0.15, -0.1) is 0 Å². The first kappa shape index (κ1) is 28.5. The van der Waals surface area contributed by atoms with E-state index in [9.17, 15) is 14.7 Å². The van der Waals surface area contributed by atoms with Gasteiger partial charge in [-0.25, -0.2) is 9.97 Å². The van der Waals surface area contributed by atoms with Crippen molar-refractivity contribution in [2.24, 2.45) is 0 Å². The highest BCUT2D eigenvalue weighted by molar-refractivity contribution is 6.32. The number of hydrogen-bond acceptors (Lipinski definition) is 9. The molecule has 1 aromatic heterocycles. The summed E-state index contributed by atoms with van der Waals surface area (Å²) in [6.07, 6.45) is 3.87. The molecule has 1 saturated carbocycles. The monoisotopic (exact) mass is 591 g/mol. The van der Waals surface area contributed by atoms with Crippen molar-refractivity contribution in [3.63, 3.8) is 0 Å². The maximum atomic E-state index is 13.3. The summed E-state index contributed by atoms with van der Waals surface area (Å²) in [6, 6.07) is 15.1.